The number of aromatic nitrogens is 9. The molecular weight excluding hydrogens is 901 g/mol. The number of aliphatic hydroxyl groups is 2. The van der Waals surface area contributed by atoms with E-state index in [0.29, 0.717) is 54.4 Å². The molecule has 0 spiro atoms. The number of hydrogen-bond donors (Lipinski definition) is 9. The second-order valence-corrected chi connectivity index (χ2v) is 19.2. The van der Waals surface area contributed by atoms with Crippen LogP contribution in [-0.2, 0) is 4.79 Å². The highest BCUT2D eigenvalue weighted by atomic mass is 16.3. The molecule has 0 atom stereocenters. The highest BCUT2D eigenvalue weighted by molar-refractivity contribution is 5.80. The van der Waals surface area contributed by atoms with E-state index >= 15 is 0 Å². The monoisotopic (exact) mass is 961 g/mol. The lowest BCUT2D eigenvalue weighted by atomic mass is 9.84. The first-order chi connectivity index (χ1) is 34.5. The Labute approximate surface area is 411 Å². The molecule has 9 N–H and O–H groups in total. The van der Waals surface area contributed by atoms with Gasteiger partial charge in [0, 0.05) is 67.8 Å². The fourth-order valence-electron chi connectivity index (χ4n) is 9.32. The summed E-state index contributed by atoms with van der Waals surface area (Å²) in [6.07, 6.45) is 15.0. The normalized spacial score (nSPS) is 22.7. The Balaban J connectivity index is 0.000000123. The van der Waals surface area contributed by atoms with Crippen LogP contribution in [-0.4, -0.2) is 90.2 Å². The van der Waals surface area contributed by atoms with Gasteiger partial charge in [-0.3, -0.25) is 4.79 Å². The largest absolute Gasteiger partial charge is 0.390 e. The van der Waals surface area contributed by atoms with Crippen molar-refractivity contribution in [1.82, 2.24) is 56.0 Å². The molecule has 71 heavy (non-hydrogen) atoms. The number of rotatable bonds is 9. The minimum atomic E-state index is -0.532. The standard InChI is InChI=1S/2C17H22N6O.C16H16N6O/c2*1-17(24)9-6-12(7-10-17)19-16-18-11-8-15(20-16)23-14-5-3-2-4-13(14)21-22-23;23-12-7-5-11(6-8-12)18-16-17-10-9-15(19-16)22-14-4-2-1-3-13(14)20-21-22/h2*2-5,8,11-12,21-22,24H,6-7,9-10H2,1H3,(H,18,19,20);1-4,9-11H,5-8H2,(H,17,18,19). The fourth-order valence-corrected chi connectivity index (χ4v) is 9.32. The van der Waals surface area contributed by atoms with Crippen LogP contribution in [0.2, 0.25) is 0 Å². The molecule has 2 aliphatic heterocycles. The number of nitrogens with zero attached hydrogens (tertiary/aromatic N) is 11. The molecule has 5 aliphatic rings. The van der Waals surface area contributed by atoms with Crippen LogP contribution in [0.3, 0.4) is 0 Å². The summed E-state index contributed by atoms with van der Waals surface area (Å²) in [5, 5.41) is 42.3. The van der Waals surface area contributed by atoms with Gasteiger partial charge in [-0.15, -0.1) is 16.2 Å². The SMILES string of the molecule is CC1(O)CCC(Nc2nccc(N3NNc4ccccc43)n2)CC1.CC1(O)CCC(Nc2nccc(N3NNc4ccccc43)n2)CC1.O=C1CCC(Nc2nccc(-n3nnc4ccccc43)n2)CC1. The molecule has 21 nitrogen and oxygen atoms in total. The maximum Gasteiger partial charge on any atom is 0.224 e. The summed E-state index contributed by atoms with van der Waals surface area (Å²) in [5.74, 6) is 4.34. The lowest BCUT2D eigenvalue weighted by Gasteiger charge is -2.33. The van der Waals surface area contributed by atoms with Gasteiger partial charge in [0.15, 0.2) is 17.5 Å². The van der Waals surface area contributed by atoms with E-state index in [-0.39, 0.29) is 6.04 Å². The van der Waals surface area contributed by atoms with E-state index in [1.807, 2.05) is 109 Å². The van der Waals surface area contributed by atoms with Crippen molar-refractivity contribution in [2.75, 3.05) is 36.8 Å². The number of fused-ring (bicyclic) bond motifs is 3. The van der Waals surface area contributed by atoms with Gasteiger partial charge in [-0.25, -0.2) is 25.0 Å². The van der Waals surface area contributed by atoms with Crippen LogP contribution >= 0.6 is 0 Å². The highest BCUT2D eigenvalue weighted by Gasteiger charge is 2.31. The Morgan fingerprint density at radius 1 is 0.549 bits per heavy atom. The summed E-state index contributed by atoms with van der Waals surface area (Å²) < 4.78 is 1.70. The van der Waals surface area contributed by atoms with Gasteiger partial charge in [0.2, 0.25) is 17.8 Å². The van der Waals surface area contributed by atoms with Gasteiger partial charge < -0.3 is 37.0 Å². The summed E-state index contributed by atoms with van der Waals surface area (Å²) in [6, 6.07) is 30.2. The van der Waals surface area contributed by atoms with E-state index < -0.39 is 11.2 Å². The van der Waals surface area contributed by atoms with Crippen molar-refractivity contribution in [3.05, 3.63) is 110 Å². The van der Waals surface area contributed by atoms with E-state index in [9.17, 15) is 15.0 Å². The number of Topliss-reactive ketones (excluding diaryl/α,β-unsaturated/α-hetero) is 1. The molecule has 3 fully saturated rings. The van der Waals surface area contributed by atoms with Crippen molar-refractivity contribution in [1.29, 1.82) is 0 Å². The molecule has 6 heterocycles. The molecule has 21 heteroatoms. The summed E-state index contributed by atoms with van der Waals surface area (Å²) in [7, 11) is 0. The molecule has 4 aromatic heterocycles. The number of para-hydroxylation sites is 5. The highest BCUT2D eigenvalue weighted by Crippen LogP contribution is 2.36. The topological polar surface area (TPSA) is 256 Å². The Morgan fingerprint density at radius 2 is 0.972 bits per heavy atom. The third-order valence-electron chi connectivity index (χ3n) is 13.5. The van der Waals surface area contributed by atoms with Crippen LogP contribution in [0.5, 0.6) is 0 Å². The number of carbonyl (C=O) groups excluding carboxylic acids is 1. The zero-order valence-electron chi connectivity index (χ0n) is 39.8. The summed E-state index contributed by atoms with van der Waals surface area (Å²) in [5.41, 5.74) is 17.2. The Bertz CT molecular complexity index is 2790. The van der Waals surface area contributed by atoms with Gasteiger partial charge in [-0.1, -0.05) is 41.6 Å². The average Bonchev–Trinajstić information content (AvgIpc) is 4.15. The van der Waals surface area contributed by atoms with Crippen molar-refractivity contribution in [2.45, 2.75) is 120 Å². The van der Waals surface area contributed by atoms with E-state index in [1.165, 1.54) is 0 Å². The van der Waals surface area contributed by atoms with Gasteiger partial charge in [0.05, 0.1) is 39.5 Å². The second kappa shape index (κ2) is 20.8. The number of carbonyl (C=O) groups is 1. The minimum absolute atomic E-state index is 0.246. The predicted molar refractivity (Wildman–Crippen MR) is 273 cm³/mol. The molecule has 0 saturated heterocycles. The zero-order chi connectivity index (χ0) is 48.8. The predicted octanol–water partition coefficient (Wildman–Crippen LogP) is 7.26. The summed E-state index contributed by atoms with van der Waals surface area (Å²) in [4.78, 5) is 38.0. The van der Waals surface area contributed by atoms with Crippen LogP contribution < -0.4 is 47.9 Å². The molecular formula is C50H60N18O3. The maximum absolute atomic E-state index is 11.3. The quantitative estimate of drug-likeness (QED) is 0.0689. The Hall–Kier alpha value is -7.59. The lowest BCUT2D eigenvalue weighted by molar-refractivity contribution is -0.120. The van der Waals surface area contributed by atoms with Crippen LogP contribution in [0.4, 0.5) is 52.2 Å². The molecule has 368 valence electrons. The first-order valence-electron chi connectivity index (χ1n) is 24.4. The van der Waals surface area contributed by atoms with Gasteiger partial charge in [-0.05, 0) is 114 Å². The molecule has 0 unspecified atom stereocenters. The Morgan fingerprint density at radius 3 is 1.48 bits per heavy atom. The second-order valence-electron chi connectivity index (χ2n) is 19.2. The molecule has 0 bridgehead atoms. The van der Waals surface area contributed by atoms with Crippen LogP contribution in [0.1, 0.15) is 90.9 Å². The molecule has 3 saturated carbocycles. The first-order valence-corrected chi connectivity index (χ1v) is 24.4. The van der Waals surface area contributed by atoms with Crippen LogP contribution in [0, 0.1) is 0 Å². The van der Waals surface area contributed by atoms with Gasteiger partial charge in [0.25, 0.3) is 0 Å². The van der Waals surface area contributed by atoms with Crippen molar-refractivity contribution in [3.63, 3.8) is 0 Å². The molecule has 3 aliphatic carbocycles. The van der Waals surface area contributed by atoms with Crippen molar-refractivity contribution in [2.24, 2.45) is 0 Å². The molecule has 3 aromatic carbocycles. The van der Waals surface area contributed by atoms with Gasteiger partial charge in [-0.2, -0.15) is 19.6 Å². The van der Waals surface area contributed by atoms with Gasteiger partial charge in [0.1, 0.15) is 11.3 Å². The van der Waals surface area contributed by atoms with Crippen LogP contribution in [0.25, 0.3) is 16.9 Å². The number of benzene rings is 3. The van der Waals surface area contributed by atoms with Crippen LogP contribution in [0.15, 0.2) is 110 Å². The molecule has 0 radical (unpaired) electrons. The number of anilines is 9. The van der Waals surface area contributed by atoms with E-state index in [4.69, 9.17) is 0 Å². The van der Waals surface area contributed by atoms with Crippen molar-refractivity contribution >= 4 is 69.0 Å². The molecule has 7 aromatic rings. The van der Waals surface area contributed by atoms with Crippen molar-refractivity contribution < 1.29 is 15.0 Å². The number of hydrogen-bond acceptors (Lipinski definition) is 20. The maximum atomic E-state index is 11.3. The average molecular weight is 961 g/mol. The van der Waals surface area contributed by atoms with Crippen molar-refractivity contribution in [3.8, 4) is 5.82 Å². The lowest BCUT2D eigenvalue weighted by Crippen LogP contribution is -2.36. The third kappa shape index (κ3) is 11.6. The first kappa shape index (κ1) is 47.1. The summed E-state index contributed by atoms with van der Waals surface area (Å²) in [6.45, 7) is 3.81. The number of nitrogens with one attached hydrogen (secondary N) is 7. The zero-order valence-corrected chi connectivity index (χ0v) is 39.8. The number of ketones is 1. The molecule has 12 rings (SSSR count). The molecule has 0 amide bonds. The number of hydrazine groups is 4. The minimum Gasteiger partial charge on any atom is -0.390 e. The Kier molecular flexibility index (Phi) is 13.8. The summed E-state index contributed by atoms with van der Waals surface area (Å²) >= 11 is 0. The van der Waals surface area contributed by atoms with E-state index in [1.54, 1.807) is 29.3 Å². The van der Waals surface area contributed by atoms with E-state index in [0.717, 1.165) is 110 Å². The third-order valence-corrected chi connectivity index (χ3v) is 13.5. The van der Waals surface area contributed by atoms with Gasteiger partial charge >= 0.3 is 0 Å². The van der Waals surface area contributed by atoms with E-state index in [2.05, 4.69) is 78.1 Å². The fraction of sp³-hybridized carbons (Fsp3) is 0.380. The smallest absolute Gasteiger partial charge is 0.224 e.